The molecule has 0 unspecified atom stereocenters. The molecule has 5 heteroatoms. The second kappa shape index (κ2) is 12.4. The Kier molecular flexibility index (Phi) is 9.95. The SMILES string of the molecule is NCc1ccc(Br)cc1.[Pt]=[c]1n(CC2CCCCC2)ccn1CC1CCCCC1. The molecule has 2 aliphatic rings. The van der Waals surface area contributed by atoms with Crippen molar-refractivity contribution in [1.82, 2.24) is 9.13 Å². The Hall–Kier alpha value is -0.442. The minimum atomic E-state index is 0.618. The Bertz CT molecular complexity index is 728. The molecule has 0 bridgehead atoms. The van der Waals surface area contributed by atoms with Crippen molar-refractivity contribution in [1.29, 1.82) is 0 Å². The van der Waals surface area contributed by atoms with Crippen LogP contribution in [0.5, 0.6) is 0 Å². The fourth-order valence-corrected chi connectivity index (χ4v) is 5.63. The van der Waals surface area contributed by atoms with Gasteiger partial charge < -0.3 is 5.73 Å². The molecule has 0 saturated heterocycles. The summed E-state index contributed by atoms with van der Waals surface area (Å²) >= 11 is 5.87. The molecule has 0 amide bonds. The van der Waals surface area contributed by atoms with E-state index in [2.05, 4.69) is 56.8 Å². The summed E-state index contributed by atoms with van der Waals surface area (Å²) in [6, 6.07) is 7.98. The van der Waals surface area contributed by atoms with Crippen molar-refractivity contribution in [3.05, 3.63) is 50.5 Å². The summed E-state index contributed by atoms with van der Waals surface area (Å²) < 4.78 is 7.54. The summed E-state index contributed by atoms with van der Waals surface area (Å²) in [7, 11) is 0. The summed E-state index contributed by atoms with van der Waals surface area (Å²) in [6.07, 6.45) is 19.1. The molecule has 1 heterocycles. The van der Waals surface area contributed by atoms with Gasteiger partial charge in [0.05, 0.1) is 0 Å². The van der Waals surface area contributed by atoms with Gasteiger partial charge in [-0.1, -0.05) is 28.1 Å². The van der Waals surface area contributed by atoms with Crippen LogP contribution in [0.15, 0.2) is 41.1 Å². The van der Waals surface area contributed by atoms with E-state index in [9.17, 15) is 0 Å². The van der Waals surface area contributed by atoms with Crippen molar-refractivity contribution in [2.45, 2.75) is 83.8 Å². The van der Waals surface area contributed by atoms with E-state index in [-0.39, 0.29) is 0 Å². The van der Waals surface area contributed by atoms with Crippen molar-refractivity contribution in [3.63, 3.8) is 0 Å². The molecule has 2 fully saturated rings. The first kappa shape index (κ1) is 23.2. The normalized spacial score (nSPS) is 18.3. The molecule has 2 saturated carbocycles. The number of aromatic nitrogens is 2. The Labute approximate surface area is 195 Å². The van der Waals surface area contributed by atoms with Crippen LogP contribution in [0.25, 0.3) is 0 Å². The number of rotatable bonds is 5. The molecule has 0 radical (unpaired) electrons. The van der Waals surface area contributed by atoms with E-state index in [1.165, 1.54) is 86.7 Å². The molecule has 4 rings (SSSR count). The summed E-state index contributed by atoms with van der Waals surface area (Å²) in [5.41, 5.74) is 6.55. The first-order valence-electron chi connectivity index (χ1n) is 11.3. The third-order valence-electron chi connectivity index (χ3n) is 6.37. The van der Waals surface area contributed by atoms with Crippen molar-refractivity contribution >= 4 is 15.9 Å². The number of halogens is 1. The Balaban J connectivity index is 0.000000224. The van der Waals surface area contributed by atoms with E-state index < -0.39 is 0 Å². The van der Waals surface area contributed by atoms with Crippen LogP contribution in [0.1, 0.15) is 69.8 Å². The van der Waals surface area contributed by atoms with Gasteiger partial charge >= 0.3 is 134 Å². The van der Waals surface area contributed by atoms with Crippen molar-refractivity contribution in [2.24, 2.45) is 17.6 Å². The van der Waals surface area contributed by atoms with Gasteiger partial charge in [-0.3, -0.25) is 0 Å². The molecule has 1 aromatic heterocycles. The third kappa shape index (κ3) is 7.63. The zero-order valence-corrected chi connectivity index (χ0v) is 21.3. The number of hydrogen-bond donors (Lipinski definition) is 1. The van der Waals surface area contributed by atoms with Crippen LogP contribution in [0, 0.1) is 15.6 Å². The van der Waals surface area contributed by atoms with Crippen LogP contribution in [-0.4, -0.2) is 9.13 Å². The van der Waals surface area contributed by atoms with Crippen molar-refractivity contribution in [3.8, 4) is 0 Å². The van der Waals surface area contributed by atoms with Gasteiger partial charge in [0, 0.05) is 11.0 Å². The Morgan fingerprint density at radius 2 is 1.24 bits per heavy atom. The molecule has 3 nitrogen and oxygen atoms in total. The maximum atomic E-state index is 5.38. The summed E-state index contributed by atoms with van der Waals surface area (Å²) in [5, 5.41) is 0. The number of benzene rings is 1. The summed E-state index contributed by atoms with van der Waals surface area (Å²) in [4.78, 5) is 0. The third-order valence-corrected chi connectivity index (χ3v) is 8.21. The standard InChI is InChI=1S/C17H28N2.C7H8BrN.Pt/c1-3-7-16(8-4-1)13-18-11-12-19(15-18)14-17-9-5-2-6-10-17;8-7-3-1-6(5-9)2-4-7;/h11-12,16-17H,1-10,13-14H2;1-4H,5,9H2;. The van der Waals surface area contributed by atoms with Crippen LogP contribution < -0.4 is 5.73 Å². The summed E-state index contributed by atoms with van der Waals surface area (Å²) in [6.45, 7) is 3.11. The van der Waals surface area contributed by atoms with Crippen molar-refractivity contribution < 1.29 is 19.4 Å². The fourth-order valence-electron chi connectivity index (χ4n) is 4.62. The quantitative estimate of drug-likeness (QED) is 0.401. The molecule has 2 N–H and O–H groups in total. The van der Waals surface area contributed by atoms with Gasteiger partial charge in [-0.15, -0.1) is 0 Å². The van der Waals surface area contributed by atoms with Crippen molar-refractivity contribution in [2.75, 3.05) is 0 Å². The molecule has 0 atom stereocenters. The van der Waals surface area contributed by atoms with Crippen LogP contribution in [-0.2, 0) is 39.0 Å². The number of nitrogens with two attached hydrogens (primary N) is 1. The van der Waals surface area contributed by atoms with Crippen LogP contribution >= 0.6 is 15.9 Å². The fraction of sp³-hybridized carbons (Fsp3) is 0.625. The van der Waals surface area contributed by atoms with Gasteiger partial charge in [0.1, 0.15) is 0 Å². The second-order valence-corrected chi connectivity index (χ2v) is 10.6. The van der Waals surface area contributed by atoms with E-state index in [0.717, 1.165) is 16.3 Å². The van der Waals surface area contributed by atoms with Crippen LogP contribution in [0.2, 0.25) is 0 Å². The first-order valence-corrected chi connectivity index (χ1v) is 13.2. The molecular weight excluding hydrogens is 605 g/mol. The number of nitrogens with zero attached hydrogens (tertiary/aromatic N) is 2. The molecule has 2 aromatic rings. The van der Waals surface area contributed by atoms with E-state index >= 15 is 0 Å². The van der Waals surface area contributed by atoms with E-state index in [0.29, 0.717) is 6.54 Å². The molecule has 29 heavy (non-hydrogen) atoms. The second-order valence-electron chi connectivity index (χ2n) is 8.68. The summed E-state index contributed by atoms with van der Waals surface area (Å²) in [5.74, 6) is 1.85. The maximum absolute atomic E-state index is 5.38. The molecule has 1 aromatic carbocycles. The van der Waals surface area contributed by atoms with Gasteiger partial charge in [0.2, 0.25) is 0 Å². The van der Waals surface area contributed by atoms with Gasteiger partial charge in [0.25, 0.3) is 0 Å². The molecule has 0 spiro atoms. The van der Waals surface area contributed by atoms with Gasteiger partial charge in [-0.05, 0) is 17.7 Å². The number of imidazole rings is 1. The molecule has 0 aliphatic heterocycles. The first-order chi connectivity index (χ1) is 14.2. The van der Waals surface area contributed by atoms with Gasteiger partial charge in [-0.25, -0.2) is 0 Å². The predicted octanol–water partition coefficient (Wildman–Crippen LogP) is 6.44. The Morgan fingerprint density at radius 1 is 0.793 bits per heavy atom. The topological polar surface area (TPSA) is 35.9 Å². The van der Waals surface area contributed by atoms with Crippen LogP contribution in [0.3, 0.4) is 0 Å². The Morgan fingerprint density at radius 3 is 1.66 bits per heavy atom. The monoisotopic (exact) mass is 640 g/mol. The predicted molar refractivity (Wildman–Crippen MR) is 121 cm³/mol. The average molecular weight is 642 g/mol. The van der Waals surface area contributed by atoms with Gasteiger partial charge in [-0.2, -0.15) is 0 Å². The molecule has 164 valence electrons. The molecule has 2 aliphatic carbocycles. The van der Waals surface area contributed by atoms with Crippen LogP contribution in [0.4, 0.5) is 0 Å². The average Bonchev–Trinajstić information content (AvgIpc) is 3.10. The van der Waals surface area contributed by atoms with E-state index in [1.54, 1.807) is 0 Å². The zero-order chi connectivity index (χ0) is 20.5. The minimum absolute atomic E-state index is 0.618. The van der Waals surface area contributed by atoms with E-state index in [4.69, 9.17) is 5.73 Å². The number of hydrogen-bond acceptors (Lipinski definition) is 1. The molecular formula is C24H36BrN3Pt. The zero-order valence-electron chi connectivity index (χ0n) is 17.5. The van der Waals surface area contributed by atoms with E-state index in [1.807, 2.05) is 24.3 Å². The van der Waals surface area contributed by atoms with Gasteiger partial charge in [0.15, 0.2) is 0 Å².